The first-order chi connectivity index (χ1) is 12.3. The zero-order valence-corrected chi connectivity index (χ0v) is 15.9. The molecule has 0 unspecified atom stereocenters. The van der Waals surface area contributed by atoms with Gasteiger partial charge in [0.1, 0.15) is 11.6 Å². The molecule has 0 atom stereocenters. The lowest BCUT2D eigenvalue weighted by molar-refractivity contribution is 0.0693. The fourth-order valence-electron chi connectivity index (χ4n) is 2.72. The standard InChI is InChI=1S/C17H15BrF2N2O3S/c18-12-1-6-15(16(20)11-12)17(23)21-7-9-22(10-8-21)26(24,25)14-4-2-13(19)3-5-14/h1-6,11H,7-10H2. The van der Waals surface area contributed by atoms with E-state index >= 15 is 0 Å². The van der Waals surface area contributed by atoms with Crippen LogP contribution in [0.25, 0.3) is 0 Å². The molecule has 0 bridgehead atoms. The van der Waals surface area contributed by atoms with Crippen molar-refractivity contribution in [3.8, 4) is 0 Å². The van der Waals surface area contributed by atoms with Crippen LogP contribution in [0, 0.1) is 11.6 Å². The van der Waals surface area contributed by atoms with Crippen molar-refractivity contribution in [2.75, 3.05) is 26.2 Å². The first-order valence-corrected chi connectivity index (χ1v) is 10.0. The van der Waals surface area contributed by atoms with Gasteiger partial charge in [0, 0.05) is 30.7 Å². The van der Waals surface area contributed by atoms with Gasteiger partial charge in [0.05, 0.1) is 10.5 Å². The molecule has 138 valence electrons. The largest absolute Gasteiger partial charge is 0.336 e. The number of carbonyl (C=O) groups is 1. The minimum Gasteiger partial charge on any atom is -0.336 e. The Bertz CT molecular complexity index is 928. The predicted molar refractivity (Wildman–Crippen MR) is 95.2 cm³/mol. The van der Waals surface area contributed by atoms with E-state index in [1.807, 2.05) is 0 Å². The number of benzene rings is 2. The van der Waals surface area contributed by atoms with Gasteiger partial charge in [0.15, 0.2) is 0 Å². The SMILES string of the molecule is O=C(c1ccc(Br)cc1F)N1CCN(S(=O)(=O)c2ccc(F)cc2)CC1. The van der Waals surface area contributed by atoms with Gasteiger partial charge in [-0.3, -0.25) is 4.79 Å². The Morgan fingerprint density at radius 3 is 2.15 bits per heavy atom. The molecule has 1 heterocycles. The highest BCUT2D eigenvalue weighted by Crippen LogP contribution is 2.21. The molecule has 5 nitrogen and oxygen atoms in total. The van der Waals surface area contributed by atoms with Crippen LogP contribution >= 0.6 is 15.9 Å². The number of carbonyl (C=O) groups excluding carboxylic acids is 1. The van der Waals surface area contributed by atoms with E-state index < -0.39 is 27.6 Å². The average Bonchev–Trinajstić information content (AvgIpc) is 2.62. The topological polar surface area (TPSA) is 57.7 Å². The number of sulfonamides is 1. The normalized spacial score (nSPS) is 15.9. The molecule has 0 aromatic heterocycles. The van der Waals surface area contributed by atoms with Crippen LogP contribution in [0.1, 0.15) is 10.4 Å². The first kappa shape index (κ1) is 18.9. The van der Waals surface area contributed by atoms with Crippen molar-refractivity contribution < 1.29 is 22.0 Å². The molecule has 1 aliphatic rings. The van der Waals surface area contributed by atoms with Crippen molar-refractivity contribution in [1.29, 1.82) is 0 Å². The quantitative estimate of drug-likeness (QED) is 0.731. The molecule has 1 amide bonds. The summed E-state index contributed by atoms with van der Waals surface area (Å²) in [6, 6.07) is 8.77. The fourth-order valence-corrected chi connectivity index (χ4v) is 4.48. The third kappa shape index (κ3) is 3.79. The van der Waals surface area contributed by atoms with Crippen LogP contribution in [0.5, 0.6) is 0 Å². The molecule has 26 heavy (non-hydrogen) atoms. The van der Waals surface area contributed by atoms with Crippen LogP contribution in [-0.4, -0.2) is 49.7 Å². The monoisotopic (exact) mass is 444 g/mol. The Balaban J connectivity index is 1.70. The van der Waals surface area contributed by atoms with Crippen LogP contribution in [0.4, 0.5) is 8.78 Å². The van der Waals surface area contributed by atoms with Crippen LogP contribution in [0.2, 0.25) is 0 Å². The van der Waals surface area contributed by atoms with Crippen molar-refractivity contribution in [3.63, 3.8) is 0 Å². The second-order valence-corrected chi connectivity index (χ2v) is 8.63. The van der Waals surface area contributed by atoms with Crippen molar-refractivity contribution in [2.24, 2.45) is 0 Å². The molecular weight excluding hydrogens is 430 g/mol. The maximum Gasteiger partial charge on any atom is 0.256 e. The Kier molecular flexibility index (Phi) is 5.40. The number of rotatable bonds is 3. The van der Waals surface area contributed by atoms with Gasteiger partial charge in [0.25, 0.3) is 5.91 Å². The molecule has 2 aromatic rings. The summed E-state index contributed by atoms with van der Waals surface area (Å²) < 4.78 is 53.9. The molecule has 0 aliphatic carbocycles. The summed E-state index contributed by atoms with van der Waals surface area (Å²) in [5, 5.41) is 0. The molecule has 0 radical (unpaired) electrons. The third-order valence-electron chi connectivity index (χ3n) is 4.14. The summed E-state index contributed by atoms with van der Waals surface area (Å²) in [6.07, 6.45) is 0. The average molecular weight is 445 g/mol. The van der Waals surface area contributed by atoms with Crippen LogP contribution < -0.4 is 0 Å². The van der Waals surface area contributed by atoms with Gasteiger partial charge < -0.3 is 4.90 Å². The third-order valence-corrected chi connectivity index (χ3v) is 6.54. The Morgan fingerprint density at radius 1 is 0.962 bits per heavy atom. The first-order valence-electron chi connectivity index (χ1n) is 7.79. The van der Waals surface area contributed by atoms with Crippen LogP contribution in [-0.2, 0) is 10.0 Å². The minimum atomic E-state index is -3.76. The van der Waals surface area contributed by atoms with Crippen molar-refractivity contribution in [2.45, 2.75) is 4.90 Å². The summed E-state index contributed by atoms with van der Waals surface area (Å²) in [6.45, 7) is 0.469. The van der Waals surface area contributed by atoms with Crippen LogP contribution in [0.3, 0.4) is 0 Å². The minimum absolute atomic E-state index is 0.00219. The zero-order chi connectivity index (χ0) is 18.9. The molecule has 1 saturated heterocycles. The molecule has 9 heteroatoms. The fraction of sp³-hybridized carbons (Fsp3) is 0.235. The summed E-state index contributed by atoms with van der Waals surface area (Å²) in [5.41, 5.74) is -0.0527. The lowest BCUT2D eigenvalue weighted by Gasteiger charge is -2.34. The van der Waals surface area contributed by atoms with Crippen molar-refractivity contribution in [1.82, 2.24) is 9.21 Å². The summed E-state index contributed by atoms with van der Waals surface area (Å²) in [7, 11) is -3.76. The zero-order valence-electron chi connectivity index (χ0n) is 13.5. The van der Waals surface area contributed by atoms with E-state index in [-0.39, 0.29) is 36.6 Å². The Hall–Kier alpha value is -1.84. The Morgan fingerprint density at radius 2 is 1.58 bits per heavy atom. The predicted octanol–water partition coefficient (Wildman–Crippen LogP) is 2.87. The molecule has 3 rings (SSSR count). The molecular formula is C17H15BrF2N2O3S. The van der Waals surface area contributed by atoms with Gasteiger partial charge in [-0.15, -0.1) is 0 Å². The molecule has 1 aliphatic heterocycles. The van der Waals surface area contributed by atoms with Crippen LogP contribution in [0.15, 0.2) is 51.8 Å². The Labute approximate surface area is 158 Å². The second-order valence-electron chi connectivity index (χ2n) is 5.77. The number of hydrogen-bond donors (Lipinski definition) is 0. The molecule has 0 N–H and O–H groups in total. The number of halogens is 3. The van der Waals surface area contributed by atoms with Gasteiger partial charge in [-0.2, -0.15) is 4.31 Å². The van der Waals surface area contributed by atoms with E-state index in [2.05, 4.69) is 15.9 Å². The smallest absolute Gasteiger partial charge is 0.256 e. The maximum atomic E-state index is 14.0. The maximum absolute atomic E-state index is 14.0. The number of nitrogens with zero attached hydrogens (tertiary/aromatic N) is 2. The lowest BCUT2D eigenvalue weighted by Crippen LogP contribution is -2.50. The van der Waals surface area contributed by atoms with E-state index in [4.69, 9.17) is 0 Å². The van der Waals surface area contributed by atoms with Gasteiger partial charge in [0.2, 0.25) is 10.0 Å². The molecule has 0 saturated carbocycles. The molecule has 1 fully saturated rings. The van der Waals surface area contributed by atoms with Gasteiger partial charge in [-0.05, 0) is 42.5 Å². The van der Waals surface area contributed by atoms with Gasteiger partial charge in [-0.1, -0.05) is 15.9 Å². The number of amides is 1. The van der Waals surface area contributed by atoms with E-state index in [0.29, 0.717) is 4.47 Å². The van der Waals surface area contributed by atoms with E-state index in [1.165, 1.54) is 33.5 Å². The highest BCUT2D eigenvalue weighted by molar-refractivity contribution is 9.10. The molecule has 0 spiro atoms. The second kappa shape index (κ2) is 7.42. The van der Waals surface area contributed by atoms with E-state index in [1.54, 1.807) is 6.07 Å². The van der Waals surface area contributed by atoms with Crippen molar-refractivity contribution in [3.05, 3.63) is 64.1 Å². The number of hydrogen-bond acceptors (Lipinski definition) is 3. The van der Waals surface area contributed by atoms with Crippen molar-refractivity contribution >= 4 is 31.9 Å². The summed E-state index contributed by atoms with van der Waals surface area (Å²) >= 11 is 3.14. The van der Waals surface area contributed by atoms with E-state index in [0.717, 1.165) is 12.1 Å². The summed E-state index contributed by atoms with van der Waals surface area (Å²) in [5.74, 6) is -1.63. The van der Waals surface area contributed by atoms with Gasteiger partial charge >= 0.3 is 0 Å². The highest BCUT2D eigenvalue weighted by atomic mass is 79.9. The lowest BCUT2D eigenvalue weighted by atomic mass is 10.1. The molecule has 2 aromatic carbocycles. The number of piperazine rings is 1. The van der Waals surface area contributed by atoms with E-state index in [9.17, 15) is 22.0 Å². The van der Waals surface area contributed by atoms with Gasteiger partial charge in [-0.25, -0.2) is 17.2 Å². The highest BCUT2D eigenvalue weighted by Gasteiger charge is 2.31. The summed E-state index contributed by atoms with van der Waals surface area (Å²) in [4.78, 5) is 13.9.